The van der Waals surface area contributed by atoms with Gasteiger partial charge in [-0.2, -0.15) is 0 Å². The van der Waals surface area contributed by atoms with E-state index in [4.69, 9.17) is 27.9 Å². The van der Waals surface area contributed by atoms with Crippen LogP contribution in [0.2, 0.25) is 10.0 Å². The normalized spacial score (nSPS) is 12.0. The second-order valence-corrected chi connectivity index (χ2v) is 8.70. The van der Waals surface area contributed by atoms with Crippen molar-refractivity contribution >= 4 is 40.9 Å². The molecule has 0 saturated carbocycles. The molecule has 6 nitrogen and oxygen atoms in total. The Bertz CT molecular complexity index is 1010. The molecule has 1 N–H and O–H groups in total. The van der Waals surface area contributed by atoms with Crippen LogP contribution >= 0.6 is 35.0 Å². The first kappa shape index (κ1) is 23.6. The zero-order valence-electron chi connectivity index (χ0n) is 17.3. The largest absolute Gasteiger partial charge is 0.385 e. The third kappa shape index (κ3) is 6.46. The SMILES string of the molecule is COCCCn1c(SCC(=O)NC(C)c2ccc(Cl)cc2)nnc1-c1ccccc1Cl. The highest BCUT2D eigenvalue weighted by Crippen LogP contribution is 2.29. The Morgan fingerprint density at radius 3 is 2.61 bits per heavy atom. The molecule has 2 aromatic carbocycles. The maximum absolute atomic E-state index is 12.5. The number of aromatic nitrogens is 3. The van der Waals surface area contributed by atoms with E-state index in [0.717, 1.165) is 17.5 Å². The highest BCUT2D eigenvalue weighted by atomic mass is 35.5. The molecule has 0 radical (unpaired) electrons. The molecule has 0 aliphatic rings. The summed E-state index contributed by atoms with van der Waals surface area (Å²) < 4.78 is 7.17. The number of benzene rings is 2. The summed E-state index contributed by atoms with van der Waals surface area (Å²) in [5.74, 6) is 0.820. The summed E-state index contributed by atoms with van der Waals surface area (Å²) in [5, 5.41) is 13.6. The van der Waals surface area contributed by atoms with E-state index in [1.807, 2.05) is 60.0 Å². The smallest absolute Gasteiger partial charge is 0.230 e. The second kappa shape index (κ2) is 11.5. The van der Waals surface area contributed by atoms with Crippen molar-refractivity contribution in [2.24, 2.45) is 0 Å². The van der Waals surface area contributed by atoms with Crippen LogP contribution in [-0.4, -0.2) is 40.1 Å². The van der Waals surface area contributed by atoms with Crippen LogP contribution in [0.15, 0.2) is 53.7 Å². The van der Waals surface area contributed by atoms with Crippen LogP contribution in [0.5, 0.6) is 0 Å². The Kier molecular flexibility index (Phi) is 8.78. The molecule has 0 aliphatic heterocycles. The van der Waals surface area contributed by atoms with E-state index in [0.29, 0.717) is 34.2 Å². The van der Waals surface area contributed by atoms with Gasteiger partial charge in [-0.25, -0.2) is 0 Å². The lowest BCUT2D eigenvalue weighted by Gasteiger charge is -2.14. The standard InChI is InChI=1S/C22H24Cl2N4O2S/c1-15(16-8-10-17(23)11-9-16)25-20(29)14-31-22-27-26-21(28(22)12-5-13-30-2)18-6-3-4-7-19(18)24/h3-4,6-11,15H,5,12-14H2,1-2H3,(H,25,29). The molecule has 0 spiro atoms. The molecule has 9 heteroatoms. The summed E-state index contributed by atoms with van der Waals surface area (Å²) in [7, 11) is 1.67. The van der Waals surface area contributed by atoms with E-state index in [1.165, 1.54) is 11.8 Å². The maximum Gasteiger partial charge on any atom is 0.230 e. The molecule has 1 unspecified atom stereocenters. The van der Waals surface area contributed by atoms with Gasteiger partial charge in [-0.1, -0.05) is 59.2 Å². The average molecular weight is 479 g/mol. The van der Waals surface area contributed by atoms with Gasteiger partial charge in [0.15, 0.2) is 11.0 Å². The van der Waals surface area contributed by atoms with Crippen molar-refractivity contribution in [3.63, 3.8) is 0 Å². The predicted octanol–water partition coefficient (Wildman–Crippen LogP) is 5.26. The number of nitrogens with zero attached hydrogens (tertiary/aromatic N) is 3. The van der Waals surface area contributed by atoms with Crippen molar-refractivity contribution in [3.8, 4) is 11.4 Å². The highest BCUT2D eigenvalue weighted by molar-refractivity contribution is 7.99. The summed E-state index contributed by atoms with van der Waals surface area (Å²) in [4.78, 5) is 12.5. The molecule has 3 rings (SSSR count). The van der Waals surface area contributed by atoms with Crippen LogP contribution in [0.1, 0.15) is 24.9 Å². The van der Waals surface area contributed by atoms with Gasteiger partial charge in [-0.05, 0) is 43.2 Å². The van der Waals surface area contributed by atoms with Gasteiger partial charge < -0.3 is 14.6 Å². The monoisotopic (exact) mass is 478 g/mol. The van der Waals surface area contributed by atoms with E-state index in [9.17, 15) is 4.79 Å². The number of halogens is 2. The van der Waals surface area contributed by atoms with Crippen molar-refractivity contribution in [3.05, 3.63) is 64.1 Å². The first-order chi connectivity index (χ1) is 15.0. The Labute approximate surface area is 196 Å². The molecule has 3 aromatic rings. The topological polar surface area (TPSA) is 69.0 Å². The molecule has 1 heterocycles. The minimum absolute atomic E-state index is 0.0850. The lowest BCUT2D eigenvalue weighted by molar-refractivity contribution is -0.119. The minimum atomic E-state index is -0.122. The fraction of sp³-hybridized carbons (Fsp3) is 0.318. The Hall–Kier alpha value is -2.06. The van der Waals surface area contributed by atoms with Gasteiger partial charge in [-0.15, -0.1) is 10.2 Å². The van der Waals surface area contributed by atoms with Gasteiger partial charge in [-0.3, -0.25) is 4.79 Å². The van der Waals surface area contributed by atoms with Gasteiger partial charge >= 0.3 is 0 Å². The fourth-order valence-electron chi connectivity index (χ4n) is 3.05. The Morgan fingerprint density at radius 1 is 1.16 bits per heavy atom. The van der Waals surface area contributed by atoms with Gasteiger partial charge in [0.1, 0.15) is 0 Å². The molecule has 164 valence electrons. The number of hydrogen-bond acceptors (Lipinski definition) is 5. The first-order valence-electron chi connectivity index (χ1n) is 9.84. The van der Waals surface area contributed by atoms with Crippen molar-refractivity contribution in [1.29, 1.82) is 0 Å². The number of rotatable bonds is 10. The fourth-order valence-corrected chi connectivity index (χ4v) is 4.18. The van der Waals surface area contributed by atoms with Crippen LogP contribution in [0.25, 0.3) is 11.4 Å². The third-order valence-corrected chi connectivity index (χ3v) is 6.19. The van der Waals surface area contributed by atoms with Crippen LogP contribution in [0.3, 0.4) is 0 Å². The number of thioether (sulfide) groups is 1. The van der Waals surface area contributed by atoms with Gasteiger partial charge in [0, 0.05) is 30.8 Å². The van der Waals surface area contributed by atoms with Crippen LogP contribution in [0, 0.1) is 0 Å². The zero-order chi connectivity index (χ0) is 22.2. The van der Waals surface area contributed by atoms with Crippen molar-refractivity contribution in [1.82, 2.24) is 20.1 Å². The quantitative estimate of drug-likeness (QED) is 0.318. The molecule has 1 aromatic heterocycles. The number of methoxy groups -OCH3 is 1. The molecule has 0 aliphatic carbocycles. The Morgan fingerprint density at radius 2 is 1.90 bits per heavy atom. The van der Waals surface area contributed by atoms with Gasteiger partial charge in [0.05, 0.1) is 16.8 Å². The van der Waals surface area contributed by atoms with E-state index >= 15 is 0 Å². The summed E-state index contributed by atoms with van der Waals surface area (Å²) in [6.07, 6.45) is 0.791. The van der Waals surface area contributed by atoms with Crippen molar-refractivity contribution in [2.45, 2.75) is 31.1 Å². The van der Waals surface area contributed by atoms with E-state index < -0.39 is 0 Å². The van der Waals surface area contributed by atoms with E-state index in [1.54, 1.807) is 7.11 Å². The summed E-state index contributed by atoms with van der Waals surface area (Å²) in [6, 6.07) is 14.8. The summed E-state index contributed by atoms with van der Waals surface area (Å²) >= 11 is 13.6. The predicted molar refractivity (Wildman–Crippen MR) is 126 cm³/mol. The summed E-state index contributed by atoms with van der Waals surface area (Å²) in [6.45, 7) is 3.21. The van der Waals surface area contributed by atoms with Crippen LogP contribution < -0.4 is 5.32 Å². The number of hydrogen-bond donors (Lipinski definition) is 1. The zero-order valence-corrected chi connectivity index (χ0v) is 19.7. The van der Waals surface area contributed by atoms with Crippen LogP contribution in [-0.2, 0) is 16.1 Å². The van der Waals surface area contributed by atoms with Gasteiger partial charge in [0.25, 0.3) is 0 Å². The van der Waals surface area contributed by atoms with Gasteiger partial charge in [0.2, 0.25) is 5.91 Å². The second-order valence-electron chi connectivity index (χ2n) is 6.91. The average Bonchev–Trinajstić information content (AvgIpc) is 3.15. The lowest BCUT2D eigenvalue weighted by Crippen LogP contribution is -2.28. The van der Waals surface area contributed by atoms with Crippen molar-refractivity contribution in [2.75, 3.05) is 19.5 Å². The summed E-state index contributed by atoms with van der Waals surface area (Å²) in [5.41, 5.74) is 1.80. The molecule has 0 fully saturated rings. The van der Waals surface area contributed by atoms with Crippen molar-refractivity contribution < 1.29 is 9.53 Å². The molecule has 1 amide bonds. The van der Waals surface area contributed by atoms with E-state index in [2.05, 4.69) is 15.5 Å². The molecule has 0 bridgehead atoms. The number of ether oxygens (including phenoxy) is 1. The molecular formula is C22H24Cl2N4O2S. The molecular weight excluding hydrogens is 455 g/mol. The Balaban J connectivity index is 1.69. The lowest BCUT2D eigenvalue weighted by atomic mass is 10.1. The number of nitrogens with one attached hydrogen (secondary N) is 1. The number of carbonyl (C=O) groups is 1. The highest BCUT2D eigenvalue weighted by Gasteiger charge is 2.18. The molecule has 1 atom stereocenters. The number of amides is 1. The third-order valence-electron chi connectivity index (χ3n) is 4.64. The molecule has 0 saturated heterocycles. The van der Waals surface area contributed by atoms with Crippen LogP contribution in [0.4, 0.5) is 0 Å². The van der Waals surface area contributed by atoms with E-state index in [-0.39, 0.29) is 17.7 Å². The maximum atomic E-state index is 12.5. The first-order valence-corrected chi connectivity index (χ1v) is 11.6. The minimum Gasteiger partial charge on any atom is -0.385 e. The number of carbonyl (C=O) groups excluding carboxylic acids is 1. The molecule has 31 heavy (non-hydrogen) atoms.